The van der Waals surface area contributed by atoms with Crippen molar-refractivity contribution in [3.8, 4) is 0 Å². The number of rotatable bonds is 3. The first-order valence-corrected chi connectivity index (χ1v) is 10.8. The molecule has 0 N–H and O–H groups in total. The van der Waals surface area contributed by atoms with Crippen molar-refractivity contribution in [3.63, 3.8) is 0 Å². The van der Waals surface area contributed by atoms with E-state index in [0.717, 1.165) is 62.2 Å². The molecule has 4 aliphatic rings. The molecule has 2 bridgehead atoms. The molecular weight excluding hydrogens is 405 g/mol. The maximum atomic E-state index is 14.0. The van der Waals surface area contributed by atoms with E-state index in [1.54, 1.807) is 0 Å². The van der Waals surface area contributed by atoms with Crippen molar-refractivity contribution in [2.75, 3.05) is 32.8 Å². The minimum Gasteiger partial charge on any atom is -0.449 e. The van der Waals surface area contributed by atoms with Crippen LogP contribution in [0.25, 0.3) is 0 Å². The monoisotopic (exact) mass is 430 g/mol. The number of carbonyl (C=O) groups is 1. The number of hydrogen-bond donors (Lipinski definition) is 0. The molecular formula is C24H25F3N2O2. The van der Waals surface area contributed by atoms with Gasteiger partial charge in [0.2, 0.25) is 0 Å². The minimum absolute atomic E-state index is 0.0295. The SMILES string of the molecule is O=C(OCC12CCN(CC1)CC2)N1CCc2ccccc2C1c1cc(F)c(F)c(F)c1. The van der Waals surface area contributed by atoms with Gasteiger partial charge in [-0.25, -0.2) is 18.0 Å². The van der Waals surface area contributed by atoms with Crippen molar-refractivity contribution in [2.45, 2.75) is 31.7 Å². The summed E-state index contributed by atoms with van der Waals surface area (Å²) in [7, 11) is 0. The summed E-state index contributed by atoms with van der Waals surface area (Å²) in [6.07, 6.45) is 3.17. The van der Waals surface area contributed by atoms with Crippen LogP contribution in [0.1, 0.15) is 42.0 Å². The van der Waals surface area contributed by atoms with E-state index >= 15 is 0 Å². The maximum absolute atomic E-state index is 14.0. The molecule has 7 heteroatoms. The van der Waals surface area contributed by atoms with Gasteiger partial charge >= 0.3 is 6.09 Å². The van der Waals surface area contributed by atoms with E-state index in [1.165, 1.54) is 4.90 Å². The maximum Gasteiger partial charge on any atom is 0.410 e. The van der Waals surface area contributed by atoms with Crippen LogP contribution in [0, 0.1) is 22.9 Å². The van der Waals surface area contributed by atoms with Gasteiger partial charge in [0.05, 0.1) is 12.6 Å². The Hall–Kier alpha value is -2.54. The first kappa shape index (κ1) is 20.4. The number of fused-ring (bicyclic) bond motifs is 4. The number of benzene rings is 2. The number of ether oxygens (including phenoxy) is 1. The first-order chi connectivity index (χ1) is 15.0. The van der Waals surface area contributed by atoms with Crippen LogP contribution in [-0.2, 0) is 11.2 Å². The summed E-state index contributed by atoms with van der Waals surface area (Å²) in [6.45, 7) is 3.82. The summed E-state index contributed by atoms with van der Waals surface area (Å²) in [6, 6.07) is 8.72. The van der Waals surface area contributed by atoms with E-state index in [2.05, 4.69) is 4.90 Å². The highest BCUT2D eigenvalue weighted by Crippen LogP contribution is 2.41. The molecule has 0 radical (unpaired) electrons. The molecule has 6 rings (SSSR count). The number of piperidine rings is 3. The molecule has 2 aromatic rings. The van der Waals surface area contributed by atoms with Crippen LogP contribution in [0.2, 0.25) is 0 Å². The van der Waals surface area contributed by atoms with Crippen molar-refractivity contribution >= 4 is 6.09 Å². The molecule has 3 saturated heterocycles. The molecule has 0 aliphatic carbocycles. The molecule has 3 fully saturated rings. The standard InChI is InChI=1S/C24H25F3N2O2/c25-19-13-17(14-20(26)21(19)27)22-18-4-2-1-3-16(18)5-9-29(22)23(30)31-15-24-6-10-28(11-7-24)12-8-24/h1-4,13-14,22H,5-12,15H2. The van der Waals surface area contributed by atoms with Crippen LogP contribution in [0.15, 0.2) is 36.4 Å². The molecule has 4 aliphatic heterocycles. The van der Waals surface area contributed by atoms with Gasteiger partial charge in [-0.1, -0.05) is 24.3 Å². The quantitative estimate of drug-likeness (QED) is 0.664. The Morgan fingerprint density at radius 1 is 1.00 bits per heavy atom. The van der Waals surface area contributed by atoms with Gasteiger partial charge < -0.3 is 9.64 Å². The zero-order chi connectivity index (χ0) is 21.6. The third-order valence-electron chi connectivity index (χ3n) is 7.22. The van der Waals surface area contributed by atoms with Gasteiger partial charge in [-0.15, -0.1) is 0 Å². The highest BCUT2D eigenvalue weighted by molar-refractivity contribution is 5.70. The van der Waals surface area contributed by atoms with Crippen LogP contribution < -0.4 is 0 Å². The Balaban J connectivity index is 1.43. The largest absolute Gasteiger partial charge is 0.449 e. The highest BCUT2D eigenvalue weighted by atomic mass is 19.2. The molecule has 1 atom stereocenters. The fourth-order valence-corrected chi connectivity index (χ4v) is 5.27. The predicted molar refractivity (Wildman–Crippen MR) is 109 cm³/mol. The van der Waals surface area contributed by atoms with Crippen molar-refractivity contribution in [1.29, 1.82) is 0 Å². The van der Waals surface area contributed by atoms with Gasteiger partial charge in [0.15, 0.2) is 17.5 Å². The normalized spacial score (nSPS) is 27.1. The lowest BCUT2D eigenvalue weighted by molar-refractivity contribution is -0.0300. The molecule has 4 nitrogen and oxygen atoms in total. The molecule has 0 aromatic heterocycles. The molecule has 1 amide bonds. The number of carbonyl (C=O) groups excluding carboxylic acids is 1. The van der Waals surface area contributed by atoms with E-state index in [4.69, 9.17) is 4.74 Å². The van der Waals surface area contributed by atoms with Gasteiger partial charge in [-0.05, 0) is 74.1 Å². The Bertz CT molecular complexity index is 967. The second-order valence-electron chi connectivity index (χ2n) is 8.99. The molecule has 1 unspecified atom stereocenters. The highest BCUT2D eigenvalue weighted by Gasteiger charge is 2.41. The molecule has 31 heavy (non-hydrogen) atoms. The van der Waals surface area contributed by atoms with Gasteiger partial charge in [0.25, 0.3) is 0 Å². The lowest BCUT2D eigenvalue weighted by atomic mass is 9.73. The summed E-state index contributed by atoms with van der Waals surface area (Å²) >= 11 is 0. The molecule has 4 heterocycles. The Kier molecular flexibility index (Phi) is 5.16. The van der Waals surface area contributed by atoms with Crippen LogP contribution in [0.5, 0.6) is 0 Å². The Morgan fingerprint density at radius 2 is 1.65 bits per heavy atom. The van der Waals surface area contributed by atoms with Crippen LogP contribution in [0.4, 0.5) is 18.0 Å². The van der Waals surface area contributed by atoms with Crippen molar-refractivity contribution in [1.82, 2.24) is 9.80 Å². The third-order valence-corrected chi connectivity index (χ3v) is 7.22. The van der Waals surface area contributed by atoms with Crippen molar-refractivity contribution in [3.05, 3.63) is 70.5 Å². The third kappa shape index (κ3) is 3.69. The van der Waals surface area contributed by atoms with Gasteiger partial charge in [-0.3, -0.25) is 4.90 Å². The predicted octanol–water partition coefficient (Wildman–Crippen LogP) is 4.67. The first-order valence-electron chi connectivity index (χ1n) is 10.8. The van der Waals surface area contributed by atoms with Crippen LogP contribution in [-0.4, -0.2) is 48.7 Å². The topological polar surface area (TPSA) is 32.8 Å². The number of nitrogens with zero attached hydrogens (tertiary/aromatic N) is 2. The van der Waals surface area contributed by atoms with Crippen LogP contribution >= 0.6 is 0 Å². The average Bonchev–Trinajstić information content (AvgIpc) is 2.81. The number of halogens is 3. The van der Waals surface area contributed by atoms with Gasteiger partial charge in [0.1, 0.15) is 0 Å². The fraction of sp³-hybridized carbons (Fsp3) is 0.458. The minimum atomic E-state index is -1.51. The zero-order valence-corrected chi connectivity index (χ0v) is 17.3. The van der Waals surface area contributed by atoms with Crippen molar-refractivity contribution < 1.29 is 22.7 Å². The second-order valence-corrected chi connectivity index (χ2v) is 8.99. The smallest absolute Gasteiger partial charge is 0.410 e. The molecule has 0 spiro atoms. The average molecular weight is 430 g/mol. The summed E-state index contributed by atoms with van der Waals surface area (Å²) in [5.41, 5.74) is 2.01. The summed E-state index contributed by atoms with van der Waals surface area (Å²) in [4.78, 5) is 17.1. The molecule has 164 valence electrons. The second kappa shape index (κ2) is 7.86. The Labute approximate surface area is 179 Å². The van der Waals surface area contributed by atoms with E-state index in [-0.39, 0.29) is 11.0 Å². The van der Waals surface area contributed by atoms with Gasteiger partial charge in [-0.2, -0.15) is 0 Å². The number of amides is 1. The number of hydrogen-bond acceptors (Lipinski definition) is 3. The van der Waals surface area contributed by atoms with E-state index in [9.17, 15) is 18.0 Å². The zero-order valence-electron chi connectivity index (χ0n) is 17.3. The van der Waals surface area contributed by atoms with Gasteiger partial charge in [0, 0.05) is 12.0 Å². The fourth-order valence-electron chi connectivity index (χ4n) is 5.27. The summed E-state index contributed by atoms with van der Waals surface area (Å²) in [5.74, 6) is -4.04. The van der Waals surface area contributed by atoms with E-state index in [1.807, 2.05) is 24.3 Å². The van der Waals surface area contributed by atoms with Crippen molar-refractivity contribution in [2.24, 2.45) is 5.41 Å². The van der Waals surface area contributed by atoms with E-state index < -0.39 is 29.6 Å². The Morgan fingerprint density at radius 3 is 2.32 bits per heavy atom. The van der Waals surface area contributed by atoms with Crippen LogP contribution in [0.3, 0.4) is 0 Å². The summed E-state index contributed by atoms with van der Waals surface area (Å²) in [5, 5.41) is 0. The lowest BCUT2D eigenvalue weighted by Crippen LogP contribution is -2.51. The summed E-state index contributed by atoms with van der Waals surface area (Å²) < 4.78 is 47.5. The van der Waals surface area contributed by atoms with E-state index in [0.29, 0.717) is 19.6 Å². The molecule has 0 saturated carbocycles. The lowest BCUT2D eigenvalue weighted by Gasteiger charge is -2.48. The molecule has 2 aromatic carbocycles.